The Balaban J connectivity index is 0.00000140. The molecule has 1 aromatic carbocycles. The molecular weight excluding hydrogens is 457 g/mol. The third-order valence-electron chi connectivity index (χ3n) is 4.25. The standard InChI is InChI=1S/C18H29N5O3.C3H4Cl2O/c1-2-11-23(15(17(25)26)9-6-10-22-18(20)21)16(24)14(19)12-13-7-4-3-5-8-13;4-1-3(6)2-5/h3-5,7-8,14-15H,2,6,9-12,19H2,1H3,(H,25,26)(H4,20,21,22);1-2H2/t14-,15+;/m1./s1. The second kappa shape index (κ2) is 17.2. The van der Waals surface area contributed by atoms with Gasteiger partial charge in [0.15, 0.2) is 11.7 Å². The Labute approximate surface area is 198 Å². The van der Waals surface area contributed by atoms with E-state index in [1.165, 1.54) is 4.90 Å². The lowest BCUT2D eigenvalue weighted by molar-refractivity contribution is -0.151. The molecule has 180 valence electrons. The maximum atomic E-state index is 12.8. The van der Waals surface area contributed by atoms with Gasteiger partial charge in [0.05, 0.1) is 17.8 Å². The van der Waals surface area contributed by atoms with E-state index < -0.39 is 18.1 Å². The van der Waals surface area contributed by atoms with Gasteiger partial charge in [0, 0.05) is 13.1 Å². The quantitative estimate of drug-likeness (QED) is 0.140. The van der Waals surface area contributed by atoms with Crippen LogP contribution in [-0.4, -0.2) is 70.6 Å². The molecule has 0 unspecified atom stereocenters. The first-order valence-corrected chi connectivity index (χ1v) is 11.3. The van der Waals surface area contributed by atoms with Crippen LogP contribution in [0.4, 0.5) is 0 Å². The normalized spacial score (nSPS) is 12.0. The Kier molecular flexibility index (Phi) is 16.0. The first-order chi connectivity index (χ1) is 15.2. The van der Waals surface area contributed by atoms with Crippen molar-refractivity contribution in [2.24, 2.45) is 22.2 Å². The monoisotopic (exact) mass is 489 g/mol. The van der Waals surface area contributed by atoms with Crippen molar-refractivity contribution < 1.29 is 19.5 Å². The Morgan fingerprint density at radius 3 is 2.16 bits per heavy atom. The van der Waals surface area contributed by atoms with Crippen LogP contribution < -0.4 is 17.2 Å². The van der Waals surface area contributed by atoms with E-state index in [0.717, 1.165) is 5.56 Å². The number of carbonyl (C=O) groups excluding carboxylic acids is 2. The fourth-order valence-electron chi connectivity index (χ4n) is 2.77. The Morgan fingerprint density at radius 2 is 1.72 bits per heavy atom. The fraction of sp³-hybridized carbons (Fsp3) is 0.524. The lowest BCUT2D eigenvalue weighted by atomic mass is 10.0. The minimum Gasteiger partial charge on any atom is -0.480 e. The lowest BCUT2D eigenvalue weighted by Crippen LogP contribution is -2.52. The predicted octanol–water partition coefficient (Wildman–Crippen LogP) is 1.33. The van der Waals surface area contributed by atoms with Gasteiger partial charge in [-0.2, -0.15) is 0 Å². The number of carboxylic acids is 1. The summed E-state index contributed by atoms with van der Waals surface area (Å²) in [6.07, 6.45) is 1.72. The number of nitrogens with zero attached hydrogens (tertiary/aromatic N) is 2. The largest absolute Gasteiger partial charge is 0.480 e. The van der Waals surface area contributed by atoms with Gasteiger partial charge in [-0.3, -0.25) is 14.6 Å². The topological polar surface area (TPSA) is 165 Å². The van der Waals surface area contributed by atoms with Crippen molar-refractivity contribution in [2.75, 3.05) is 24.8 Å². The summed E-state index contributed by atoms with van der Waals surface area (Å²) < 4.78 is 0. The van der Waals surface area contributed by atoms with Gasteiger partial charge in [0.2, 0.25) is 5.91 Å². The molecule has 0 saturated heterocycles. The number of aliphatic carboxylic acids is 1. The number of guanidine groups is 1. The summed E-state index contributed by atoms with van der Waals surface area (Å²) in [5, 5.41) is 9.58. The zero-order valence-corrected chi connectivity index (χ0v) is 19.8. The number of amides is 1. The molecule has 0 heterocycles. The molecule has 9 nitrogen and oxygen atoms in total. The third kappa shape index (κ3) is 12.5. The number of benzene rings is 1. The van der Waals surface area contributed by atoms with Gasteiger partial charge in [-0.1, -0.05) is 37.3 Å². The Hall–Kier alpha value is -2.36. The number of nitrogens with two attached hydrogens (primary N) is 3. The summed E-state index contributed by atoms with van der Waals surface area (Å²) in [6.45, 7) is 2.54. The smallest absolute Gasteiger partial charge is 0.326 e. The SMILES string of the molecule is CCCN(C(=O)[C@H](N)Cc1ccccc1)[C@@H](CCCN=C(N)N)C(=O)O.O=C(CCl)CCl. The molecule has 32 heavy (non-hydrogen) atoms. The van der Waals surface area contributed by atoms with Gasteiger partial charge in [-0.05, 0) is 31.2 Å². The molecule has 0 fully saturated rings. The molecule has 0 aliphatic heterocycles. The first-order valence-electron chi connectivity index (χ1n) is 10.2. The molecule has 0 radical (unpaired) electrons. The number of alkyl halides is 2. The molecule has 7 N–H and O–H groups in total. The summed E-state index contributed by atoms with van der Waals surface area (Å²) >= 11 is 10.0. The number of rotatable bonds is 13. The highest BCUT2D eigenvalue weighted by atomic mass is 35.5. The van der Waals surface area contributed by atoms with Crippen molar-refractivity contribution in [3.8, 4) is 0 Å². The van der Waals surface area contributed by atoms with Crippen LogP contribution in [0.3, 0.4) is 0 Å². The number of carbonyl (C=O) groups is 3. The van der Waals surface area contributed by atoms with Gasteiger partial charge in [-0.15, -0.1) is 23.2 Å². The molecule has 1 rings (SSSR count). The minimum absolute atomic E-state index is 0.0312. The first kappa shape index (κ1) is 29.6. The Morgan fingerprint density at radius 1 is 1.12 bits per heavy atom. The van der Waals surface area contributed by atoms with E-state index in [0.29, 0.717) is 32.4 Å². The van der Waals surface area contributed by atoms with Crippen molar-refractivity contribution in [1.82, 2.24) is 4.90 Å². The van der Waals surface area contributed by atoms with Crippen molar-refractivity contribution in [2.45, 2.75) is 44.7 Å². The second-order valence-corrected chi connectivity index (χ2v) is 7.47. The van der Waals surface area contributed by atoms with Crippen LogP contribution in [0.15, 0.2) is 35.3 Å². The molecule has 0 aliphatic carbocycles. The fourth-order valence-corrected chi connectivity index (χ4v) is 3.06. The van der Waals surface area contributed by atoms with E-state index in [2.05, 4.69) is 4.99 Å². The van der Waals surface area contributed by atoms with Gasteiger partial charge in [0.25, 0.3) is 0 Å². The molecule has 1 amide bonds. The van der Waals surface area contributed by atoms with Crippen LogP contribution in [-0.2, 0) is 20.8 Å². The number of hydrogen-bond donors (Lipinski definition) is 4. The highest BCUT2D eigenvalue weighted by Crippen LogP contribution is 2.13. The van der Waals surface area contributed by atoms with E-state index in [9.17, 15) is 19.5 Å². The van der Waals surface area contributed by atoms with E-state index in [-0.39, 0.29) is 35.8 Å². The zero-order valence-electron chi connectivity index (χ0n) is 18.3. The summed E-state index contributed by atoms with van der Waals surface area (Å²) in [6, 6.07) is 7.68. The molecule has 2 atom stereocenters. The maximum Gasteiger partial charge on any atom is 0.326 e. The lowest BCUT2D eigenvalue weighted by Gasteiger charge is -2.31. The summed E-state index contributed by atoms with van der Waals surface area (Å²) in [7, 11) is 0. The molecule has 0 aromatic heterocycles. The number of ketones is 1. The number of halogens is 2. The average molecular weight is 490 g/mol. The predicted molar refractivity (Wildman–Crippen MR) is 128 cm³/mol. The van der Waals surface area contributed by atoms with E-state index in [1.807, 2.05) is 37.3 Å². The second-order valence-electron chi connectivity index (χ2n) is 6.94. The number of Topliss-reactive ketones (excluding diaryl/α,β-unsaturated/α-hetero) is 1. The molecule has 0 spiro atoms. The van der Waals surface area contributed by atoms with Crippen molar-refractivity contribution in [1.29, 1.82) is 0 Å². The van der Waals surface area contributed by atoms with Gasteiger partial charge < -0.3 is 27.2 Å². The molecule has 0 saturated carbocycles. The molecular formula is C21H33Cl2N5O4. The van der Waals surface area contributed by atoms with Crippen LogP contribution in [0.2, 0.25) is 0 Å². The summed E-state index contributed by atoms with van der Waals surface area (Å²) in [5.74, 6) is -1.51. The van der Waals surface area contributed by atoms with E-state index >= 15 is 0 Å². The molecule has 0 bridgehead atoms. The molecule has 0 aliphatic rings. The number of carboxylic acid groups (broad SMARTS) is 1. The number of aliphatic imine (C=N–C) groups is 1. The average Bonchev–Trinajstić information content (AvgIpc) is 2.77. The third-order valence-corrected chi connectivity index (χ3v) is 4.85. The summed E-state index contributed by atoms with van der Waals surface area (Å²) in [4.78, 5) is 39.6. The van der Waals surface area contributed by atoms with Crippen molar-refractivity contribution >= 4 is 46.8 Å². The van der Waals surface area contributed by atoms with Gasteiger partial charge >= 0.3 is 5.97 Å². The highest BCUT2D eigenvalue weighted by molar-refractivity contribution is 6.35. The van der Waals surface area contributed by atoms with E-state index in [4.69, 9.17) is 40.4 Å². The van der Waals surface area contributed by atoms with Crippen molar-refractivity contribution in [3.63, 3.8) is 0 Å². The molecule has 11 heteroatoms. The van der Waals surface area contributed by atoms with Gasteiger partial charge in [-0.25, -0.2) is 4.79 Å². The van der Waals surface area contributed by atoms with Crippen LogP contribution in [0, 0.1) is 0 Å². The maximum absolute atomic E-state index is 12.8. The van der Waals surface area contributed by atoms with Crippen LogP contribution in [0.1, 0.15) is 31.7 Å². The summed E-state index contributed by atoms with van der Waals surface area (Å²) in [5.41, 5.74) is 17.5. The van der Waals surface area contributed by atoms with Crippen LogP contribution in [0.5, 0.6) is 0 Å². The van der Waals surface area contributed by atoms with Crippen LogP contribution >= 0.6 is 23.2 Å². The minimum atomic E-state index is -1.05. The zero-order chi connectivity index (χ0) is 24.5. The van der Waals surface area contributed by atoms with Crippen molar-refractivity contribution in [3.05, 3.63) is 35.9 Å². The Bertz CT molecular complexity index is 724. The highest BCUT2D eigenvalue weighted by Gasteiger charge is 2.31. The van der Waals surface area contributed by atoms with Gasteiger partial charge in [0.1, 0.15) is 6.04 Å². The van der Waals surface area contributed by atoms with E-state index in [1.54, 1.807) is 0 Å². The van der Waals surface area contributed by atoms with Crippen LogP contribution in [0.25, 0.3) is 0 Å². The molecule has 1 aromatic rings. The number of hydrogen-bond acceptors (Lipinski definition) is 5.